The van der Waals surface area contributed by atoms with Gasteiger partial charge in [0.1, 0.15) is 17.5 Å². The van der Waals surface area contributed by atoms with Crippen molar-refractivity contribution in [2.24, 2.45) is 5.92 Å². The highest BCUT2D eigenvalue weighted by Crippen LogP contribution is 2.37. The van der Waals surface area contributed by atoms with E-state index in [1.54, 1.807) is 0 Å². The molecule has 0 radical (unpaired) electrons. The smallest absolute Gasteiger partial charge is 0.153 e. The summed E-state index contributed by atoms with van der Waals surface area (Å²) in [7, 11) is 0. The molecular weight excluding hydrogens is 304 g/mol. The number of anilines is 1. The summed E-state index contributed by atoms with van der Waals surface area (Å²) in [5, 5.41) is 21.0. The molecule has 0 unspecified atom stereocenters. The van der Waals surface area contributed by atoms with Crippen molar-refractivity contribution in [2.45, 2.75) is 58.5 Å². The third kappa shape index (κ3) is 3.72. The highest BCUT2D eigenvalue weighted by molar-refractivity contribution is 5.36. The molecule has 7 nitrogen and oxygen atoms in total. The largest absolute Gasteiger partial charge is 0.393 e. The minimum absolute atomic E-state index is 0.180. The number of aliphatic hydroxyl groups is 1. The number of aromatic amines is 1. The first-order valence-electron chi connectivity index (χ1n) is 8.76. The Balaban J connectivity index is 1.60. The first kappa shape index (κ1) is 16.8. The van der Waals surface area contributed by atoms with Crippen LogP contribution in [0.2, 0.25) is 0 Å². The lowest BCUT2D eigenvalue weighted by molar-refractivity contribution is 0.137. The molecule has 3 atom stereocenters. The molecule has 7 heteroatoms. The Bertz CT molecular complexity index is 685. The number of nitrogens with zero attached hydrogens (tertiary/aromatic N) is 4. The normalized spacial score (nSPS) is 23.6. The standard InChI is InChI=1S/C17H26N6O/c1-4-13-8-16(20-10(3)19-13)18-9-12-6-11(7-14(12)24)17-21-15(5-2)22-23-17/h8,11-12,14,24H,4-7,9H2,1-3H3,(H,18,19,20)(H,21,22,23)/t11-,12+,14+/m0/s1. The first-order valence-corrected chi connectivity index (χ1v) is 8.76. The number of aryl methyl sites for hydroxylation is 3. The van der Waals surface area contributed by atoms with Crippen molar-refractivity contribution in [2.75, 3.05) is 11.9 Å². The summed E-state index contributed by atoms with van der Waals surface area (Å²) in [6.45, 7) is 6.73. The van der Waals surface area contributed by atoms with Crippen LogP contribution in [0.5, 0.6) is 0 Å². The minimum atomic E-state index is -0.334. The third-order valence-corrected chi connectivity index (χ3v) is 4.71. The number of aliphatic hydroxyl groups excluding tert-OH is 1. The van der Waals surface area contributed by atoms with E-state index in [2.05, 4.69) is 44.3 Å². The van der Waals surface area contributed by atoms with E-state index in [0.717, 1.165) is 54.7 Å². The summed E-state index contributed by atoms with van der Waals surface area (Å²) in [5.74, 6) is 3.75. The molecular formula is C17H26N6O. The molecule has 0 amide bonds. The van der Waals surface area contributed by atoms with Gasteiger partial charge < -0.3 is 10.4 Å². The van der Waals surface area contributed by atoms with Crippen LogP contribution in [0.3, 0.4) is 0 Å². The van der Waals surface area contributed by atoms with E-state index in [0.29, 0.717) is 6.54 Å². The SMILES string of the molecule is CCc1cc(NC[C@H]2C[C@H](c3n[nH]c(CC)n3)C[C@H]2O)nc(C)n1. The molecule has 1 fully saturated rings. The van der Waals surface area contributed by atoms with Crippen molar-refractivity contribution in [3.63, 3.8) is 0 Å². The van der Waals surface area contributed by atoms with E-state index in [1.165, 1.54) is 0 Å². The maximum Gasteiger partial charge on any atom is 0.153 e. The van der Waals surface area contributed by atoms with Crippen LogP contribution >= 0.6 is 0 Å². The monoisotopic (exact) mass is 330 g/mol. The van der Waals surface area contributed by atoms with Crippen LogP contribution in [0.1, 0.15) is 55.8 Å². The van der Waals surface area contributed by atoms with Gasteiger partial charge in [-0.05, 0) is 26.2 Å². The van der Waals surface area contributed by atoms with E-state index < -0.39 is 0 Å². The second-order valence-electron chi connectivity index (χ2n) is 6.52. The van der Waals surface area contributed by atoms with E-state index >= 15 is 0 Å². The zero-order valence-corrected chi connectivity index (χ0v) is 14.6. The number of H-pyrrole nitrogens is 1. The molecule has 0 aliphatic heterocycles. The number of aromatic nitrogens is 5. The van der Waals surface area contributed by atoms with Gasteiger partial charge in [0.2, 0.25) is 0 Å². The molecule has 24 heavy (non-hydrogen) atoms. The molecule has 2 aromatic heterocycles. The number of rotatable bonds is 6. The molecule has 2 aromatic rings. The Kier molecular flexibility index (Phi) is 5.08. The average Bonchev–Trinajstić information content (AvgIpc) is 3.19. The Hall–Kier alpha value is -2.02. The predicted molar refractivity (Wildman–Crippen MR) is 91.9 cm³/mol. The molecule has 2 heterocycles. The van der Waals surface area contributed by atoms with Crippen molar-refractivity contribution >= 4 is 5.82 Å². The van der Waals surface area contributed by atoms with Gasteiger partial charge >= 0.3 is 0 Å². The van der Waals surface area contributed by atoms with Crippen LogP contribution in [0.15, 0.2) is 6.07 Å². The van der Waals surface area contributed by atoms with Crippen molar-refractivity contribution in [3.05, 3.63) is 29.2 Å². The molecule has 3 N–H and O–H groups in total. The maximum absolute atomic E-state index is 10.4. The van der Waals surface area contributed by atoms with Crippen LogP contribution in [-0.4, -0.2) is 42.9 Å². The lowest BCUT2D eigenvalue weighted by atomic mass is 10.0. The first-order chi connectivity index (χ1) is 11.6. The maximum atomic E-state index is 10.4. The van der Waals surface area contributed by atoms with Crippen LogP contribution in [0, 0.1) is 12.8 Å². The predicted octanol–water partition coefficient (Wildman–Crippen LogP) is 1.99. The highest BCUT2D eigenvalue weighted by atomic mass is 16.3. The fourth-order valence-electron chi connectivity index (χ4n) is 3.32. The molecule has 130 valence electrons. The highest BCUT2D eigenvalue weighted by Gasteiger charge is 2.35. The summed E-state index contributed by atoms with van der Waals surface area (Å²) >= 11 is 0. The van der Waals surface area contributed by atoms with Gasteiger partial charge in [-0.25, -0.2) is 15.0 Å². The van der Waals surface area contributed by atoms with Gasteiger partial charge in [0.05, 0.1) is 6.10 Å². The Labute approximate surface area is 142 Å². The zero-order valence-electron chi connectivity index (χ0n) is 14.6. The molecule has 1 saturated carbocycles. The third-order valence-electron chi connectivity index (χ3n) is 4.71. The zero-order chi connectivity index (χ0) is 17.1. The van der Waals surface area contributed by atoms with Crippen molar-refractivity contribution in [3.8, 4) is 0 Å². The summed E-state index contributed by atoms with van der Waals surface area (Å²) in [4.78, 5) is 13.3. The molecule has 1 aliphatic rings. The molecule has 0 spiro atoms. The Morgan fingerprint density at radius 1 is 1.21 bits per heavy atom. The van der Waals surface area contributed by atoms with Gasteiger partial charge in [-0.1, -0.05) is 13.8 Å². The van der Waals surface area contributed by atoms with E-state index in [4.69, 9.17) is 0 Å². The topological polar surface area (TPSA) is 99.6 Å². The second kappa shape index (κ2) is 7.25. The van der Waals surface area contributed by atoms with Crippen LogP contribution < -0.4 is 5.32 Å². The average molecular weight is 330 g/mol. The van der Waals surface area contributed by atoms with Gasteiger partial charge in [0.15, 0.2) is 5.82 Å². The molecule has 3 rings (SSSR count). The van der Waals surface area contributed by atoms with Gasteiger partial charge in [0, 0.05) is 36.6 Å². The van der Waals surface area contributed by atoms with Crippen molar-refractivity contribution < 1.29 is 5.11 Å². The number of hydrogen-bond donors (Lipinski definition) is 3. The van der Waals surface area contributed by atoms with Crippen LogP contribution in [0.4, 0.5) is 5.82 Å². The van der Waals surface area contributed by atoms with Crippen molar-refractivity contribution in [1.82, 2.24) is 25.1 Å². The fourth-order valence-corrected chi connectivity index (χ4v) is 3.32. The summed E-state index contributed by atoms with van der Waals surface area (Å²) in [6, 6.07) is 1.98. The van der Waals surface area contributed by atoms with Gasteiger partial charge in [-0.3, -0.25) is 5.10 Å². The van der Waals surface area contributed by atoms with Crippen LogP contribution in [0.25, 0.3) is 0 Å². The number of hydrogen-bond acceptors (Lipinski definition) is 6. The second-order valence-corrected chi connectivity index (χ2v) is 6.52. The molecule has 0 bridgehead atoms. The Morgan fingerprint density at radius 3 is 2.75 bits per heavy atom. The lowest BCUT2D eigenvalue weighted by Crippen LogP contribution is -2.22. The van der Waals surface area contributed by atoms with E-state index in [1.807, 2.05) is 13.0 Å². The van der Waals surface area contributed by atoms with E-state index in [9.17, 15) is 5.11 Å². The van der Waals surface area contributed by atoms with E-state index in [-0.39, 0.29) is 17.9 Å². The van der Waals surface area contributed by atoms with Gasteiger partial charge in [0.25, 0.3) is 0 Å². The summed E-state index contributed by atoms with van der Waals surface area (Å²) < 4.78 is 0. The molecule has 0 aromatic carbocycles. The fraction of sp³-hybridized carbons (Fsp3) is 0.647. The minimum Gasteiger partial charge on any atom is -0.393 e. The van der Waals surface area contributed by atoms with Gasteiger partial charge in [-0.2, -0.15) is 5.10 Å². The molecule has 1 aliphatic carbocycles. The van der Waals surface area contributed by atoms with Gasteiger partial charge in [-0.15, -0.1) is 0 Å². The Morgan fingerprint density at radius 2 is 2.04 bits per heavy atom. The van der Waals surface area contributed by atoms with Crippen LogP contribution in [-0.2, 0) is 12.8 Å². The quantitative estimate of drug-likeness (QED) is 0.749. The summed E-state index contributed by atoms with van der Waals surface area (Å²) in [6.07, 6.45) is 3.01. The lowest BCUT2D eigenvalue weighted by Gasteiger charge is -2.16. The molecule has 0 saturated heterocycles. The summed E-state index contributed by atoms with van der Waals surface area (Å²) in [5.41, 5.74) is 1.03. The number of nitrogens with one attached hydrogen (secondary N) is 2. The van der Waals surface area contributed by atoms with Crippen molar-refractivity contribution in [1.29, 1.82) is 0 Å².